The molecule has 1 heterocycles. The van der Waals surface area contributed by atoms with Gasteiger partial charge in [0.15, 0.2) is 11.6 Å². The minimum atomic E-state index is -1.78. The molecular weight excluding hydrogens is 582 g/mol. The lowest BCUT2D eigenvalue weighted by atomic mass is 9.32. The van der Waals surface area contributed by atoms with Crippen molar-refractivity contribution in [2.24, 2.45) is 51.9 Å². The maximum absolute atomic E-state index is 14.6. The van der Waals surface area contributed by atoms with E-state index in [1.54, 1.807) is 25.3 Å². The molecule has 9 atom stereocenters. The van der Waals surface area contributed by atoms with Crippen LogP contribution in [0.2, 0.25) is 0 Å². The van der Waals surface area contributed by atoms with Crippen molar-refractivity contribution >= 4 is 23.4 Å². The Morgan fingerprint density at radius 1 is 1.09 bits per heavy atom. The van der Waals surface area contributed by atoms with Crippen LogP contribution in [-0.2, 0) is 21.4 Å². The number of fused-ring (bicyclic) bond motifs is 7. The van der Waals surface area contributed by atoms with Crippen molar-refractivity contribution in [3.05, 3.63) is 41.8 Å². The number of rotatable bonds is 5. The summed E-state index contributed by atoms with van der Waals surface area (Å²) in [4.78, 5) is 52.4. The molecular formula is C36H47N5O5. The minimum absolute atomic E-state index is 0.114. The fourth-order valence-corrected chi connectivity index (χ4v) is 10.5. The van der Waals surface area contributed by atoms with Crippen LogP contribution in [0.4, 0.5) is 0 Å². The molecule has 6 rings (SSSR count). The van der Waals surface area contributed by atoms with E-state index in [9.17, 15) is 29.5 Å². The highest BCUT2D eigenvalue weighted by Gasteiger charge is 2.76. The first-order chi connectivity index (χ1) is 21.5. The number of aromatic nitrogens is 2. The van der Waals surface area contributed by atoms with Crippen LogP contribution in [0.3, 0.4) is 0 Å². The molecule has 246 valence electrons. The number of aryl methyl sites for hydroxylation is 1. The Labute approximate surface area is 271 Å². The molecule has 5 aliphatic carbocycles. The average molecular weight is 630 g/mol. The molecule has 0 aliphatic heterocycles. The molecule has 2 amide bonds. The smallest absolute Gasteiger partial charge is 0.269 e. The van der Waals surface area contributed by atoms with E-state index < -0.39 is 50.4 Å². The Balaban J connectivity index is 1.30. The van der Waals surface area contributed by atoms with Gasteiger partial charge in [0.1, 0.15) is 11.3 Å². The summed E-state index contributed by atoms with van der Waals surface area (Å²) < 4.78 is 1.43. The van der Waals surface area contributed by atoms with Gasteiger partial charge in [0.05, 0.1) is 18.5 Å². The number of nitrogens with zero attached hydrogens (tertiary/aromatic N) is 3. The number of nitriles is 1. The van der Waals surface area contributed by atoms with Gasteiger partial charge in [-0.25, -0.2) is 0 Å². The van der Waals surface area contributed by atoms with Gasteiger partial charge >= 0.3 is 0 Å². The number of hydrogen-bond donors (Lipinski definition) is 3. The van der Waals surface area contributed by atoms with E-state index in [1.165, 1.54) is 10.9 Å². The van der Waals surface area contributed by atoms with Gasteiger partial charge in [0.25, 0.3) is 5.91 Å². The second-order valence-electron chi connectivity index (χ2n) is 16.1. The summed E-state index contributed by atoms with van der Waals surface area (Å²) in [5, 5.41) is 33.5. The van der Waals surface area contributed by atoms with Crippen LogP contribution >= 0.6 is 0 Å². The number of nitrogens with one attached hydrogen (secondary N) is 2. The van der Waals surface area contributed by atoms with E-state index in [0.29, 0.717) is 31.4 Å². The van der Waals surface area contributed by atoms with E-state index in [-0.39, 0.29) is 36.5 Å². The molecule has 3 saturated carbocycles. The number of allylic oxidation sites excluding steroid dienone is 3. The summed E-state index contributed by atoms with van der Waals surface area (Å²) in [6, 6.07) is 4.11. The Morgan fingerprint density at radius 2 is 1.80 bits per heavy atom. The zero-order valence-electron chi connectivity index (χ0n) is 27.9. The van der Waals surface area contributed by atoms with Crippen molar-refractivity contribution in [1.82, 2.24) is 20.4 Å². The fraction of sp³-hybridized carbons (Fsp3) is 0.667. The van der Waals surface area contributed by atoms with Gasteiger partial charge in [-0.1, -0.05) is 40.7 Å². The van der Waals surface area contributed by atoms with Crippen molar-refractivity contribution in [3.8, 4) is 6.07 Å². The van der Waals surface area contributed by atoms with Gasteiger partial charge < -0.3 is 15.7 Å². The molecule has 0 spiro atoms. The van der Waals surface area contributed by atoms with Gasteiger partial charge in [-0.15, -0.1) is 0 Å². The zero-order chi connectivity index (χ0) is 33.5. The molecule has 3 fully saturated rings. The predicted octanol–water partition coefficient (Wildman–Crippen LogP) is 3.82. The highest BCUT2D eigenvalue weighted by Crippen LogP contribution is 2.75. The van der Waals surface area contributed by atoms with Gasteiger partial charge in [0.2, 0.25) is 5.91 Å². The average Bonchev–Trinajstić information content (AvgIpc) is 3.45. The van der Waals surface area contributed by atoms with E-state index in [2.05, 4.69) is 49.5 Å². The summed E-state index contributed by atoms with van der Waals surface area (Å²) in [6.07, 6.45) is 11.7. The quantitative estimate of drug-likeness (QED) is 0.447. The zero-order valence-corrected chi connectivity index (χ0v) is 27.9. The Morgan fingerprint density at radius 3 is 2.48 bits per heavy atom. The normalized spacial score (nSPS) is 42.8. The van der Waals surface area contributed by atoms with Crippen LogP contribution in [0.1, 0.15) is 90.1 Å². The number of aliphatic hydroxyl groups is 1. The second kappa shape index (κ2) is 10.5. The van der Waals surface area contributed by atoms with Crippen molar-refractivity contribution in [2.75, 3.05) is 13.1 Å². The van der Waals surface area contributed by atoms with Crippen molar-refractivity contribution in [2.45, 2.75) is 85.2 Å². The number of hydrogen-bond acceptors (Lipinski definition) is 7. The molecule has 9 unspecified atom stereocenters. The van der Waals surface area contributed by atoms with Crippen LogP contribution in [0.25, 0.3) is 0 Å². The molecule has 0 saturated heterocycles. The first kappa shape index (κ1) is 32.4. The Hall–Kier alpha value is -3.58. The van der Waals surface area contributed by atoms with E-state index in [0.717, 1.165) is 24.8 Å². The maximum atomic E-state index is 14.6. The van der Waals surface area contributed by atoms with Gasteiger partial charge in [-0.05, 0) is 79.1 Å². The number of carbonyl (C=O) groups is 4. The minimum Gasteiger partial charge on any atom is -0.381 e. The van der Waals surface area contributed by atoms with E-state index >= 15 is 0 Å². The molecule has 1 aromatic heterocycles. The maximum Gasteiger partial charge on any atom is 0.269 e. The van der Waals surface area contributed by atoms with Crippen LogP contribution < -0.4 is 10.6 Å². The van der Waals surface area contributed by atoms with Crippen molar-refractivity contribution in [3.63, 3.8) is 0 Å². The third-order valence-electron chi connectivity index (χ3n) is 13.8. The summed E-state index contributed by atoms with van der Waals surface area (Å²) >= 11 is 0. The molecule has 0 radical (unpaired) electrons. The number of carbonyl (C=O) groups excluding carboxylic acids is 4. The molecule has 0 aromatic carbocycles. The molecule has 46 heavy (non-hydrogen) atoms. The lowest BCUT2D eigenvalue weighted by Gasteiger charge is -2.71. The number of amides is 2. The summed E-state index contributed by atoms with van der Waals surface area (Å²) in [5.41, 5.74) is -3.38. The third kappa shape index (κ3) is 4.26. The predicted molar refractivity (Wildman–Crippen MR) is 170 cm³/mol. The van der Waals surface area contributed by atoms with E-state index in [4.69, 9.17) is 0 Å². The highest BCUT2D eigenvalue weighted by atomic mass is 16.3. The molecule has 1 aromatic rings. The van der Waals surface area contributed by atoms with Crippen LogP contribution in [0, 0.1) is 56.2 Å². The SMILES string of the molecule is Cn1nccc1C(=O)NCC(=O)NCC1(C)CCC2(C)CCC3(C)C4(C)CCC5CC(=O)C=CC5(C)C4=CC(=O)C3(O)C2C1C#N. The lowest BCUT2D eigenvalue weighted by Crippen LogP contribution is -2.75. The number of ketones is 2. The second-order valence-corrected chi connectivity index (χ2v) is 16.1. The van der Waals surface area contributed by atoms with Crippen molar-refractivity contribution in [1.29, 1.82) is 5.26 Å². The molecule has 3 N–H and O–H groups in total. The Bertz CT molecular complexity index is 1620. The lowest BCUT2D eigenvalue weighted by molar-refractivity contribution is -0.251. The summed E-state index contributed by atoms with van der Waals surface area (Å²) in [6.45, 7) is 10.4. The van der Waals surface area contributed by atoms with Gasteiger partial charge in [0, 0.05) is 48.4 Å². The standard InChI is InChI=1S/C36H47N5O5/c1-31-12-13-32(2,21-39-28(44)20-38-30(45)25-9-16-40-41(25)6)24(19-37)29(31)36(46)27(43)18-26-33(3)10-8-23(42)17-22(33)7-11-34(26,4)35(36,5)15-14-31/h8-10,16,18,22,24,29,46H,7,11-15,17,20-21H2,1-6H3,(H,38,45)(H,39,44). The van der Waals surface area contributed by atoms with Crippen LogP contribution in [0.5, 0.6) is 0 Å². The summed E-state index contributed by atoms with van der Waals surface area (Å²) in [5.74, 6) is -2.25. The molecule has 5 aliphatic rings. The van der Waals surface area contributed by atoms with Crippen molar-refractivity contribution < 1.29 is 24.3 Å². The molecule has 10 heteroatoms. The first-order valence-corrected chi connectivity index (χ1v) is 16.6. The molecule has 0 bridgehead atoms. The molecule has 10 nitrogen and oxygen atoms in total. The third-order valence-corrected chi connectivity index (χ3v) is 13.8. The van der Waals surface area contributed by atoms with Crippen LogP contribution in [-0.4, -0.2) is 57.0 Å². The van der Waals surface area contributed by atoms with Gasteiger partial charge in [-0.3, -0.25) is 23.9 Å². The van der Waals surface area contributed by atoms with Crippen LogP contribution in [0.15, 0.2) is 36.1 Å². The monoisotopic (exact) mass is 629 g/mol. The topological polar surface area (TPSA) is 154 Å². The van der Waals surface area contributed by atoms with Gasteiger partial charge in [-0.2, -0.15) is 10.4 Å². The fourth-order valence-electron chi connectivity index (χ4n) is 10.5. The first-order valence-electron chi connectivity index (χ1n) is 16.6. The Kier molecular flexibility index (Phi) is 7.36. The largest absolute Gasteiger partial charge is 0.381 e. The van der Waals surface area contributed by atoms with E-state index in [1.807, 2.05) is 13.0 Å². The highest BCUT2D eigenvalue weighted by molar-refractivity contribution is 6.01. The summed E-state index contributed by atoms with van der Waals surface area (Å²) in [7, 11) is 1.65.